The van der Waals surface area contributed by atoms with E-state index in [2.05, 4.69) is 41.7 Å². The molecule has 3 heteroatoms. The van der Waals surface area contributed by atoms with E-state index in [1.807, 2.05) is 13.1 Å². The van der Waals surface area contributed by atoms with E-state index < -0.39 is 0 Å². The topological polar surface area (TPSA) is 23.6 Å². The second-order valence-corrected chi connectivity index (χ2v) is 4.82. The Balaban J connectivity index is 2.18. The van der Waals surface area contributed by atoms with Crippen LogP contribution in [0.25, 0.3) is 0 Å². The average Bonchev–Trinajstić information content (AvgIpc) is 2.67. The SMILES string of the molecule is C=CCCC(C=O)N1Cc2cc(C)ccc2N1C. The van der Waals surface area contributed by atoms with Crippen LogP contribution in [0.15, 0.2) is 30.9 Å². The van der Waals surface area contributed by atoms with Crippen LogP contribution in [0.4, 0.5) is 5.69 Å². The number of benzene rings is 1. The van der Waals surface area contributed by atoms with Crippen LogP contribution in [0, 0.1) is 6.92 Å². The summed E-state index contributed by atoms with van der Waals surface area (Å²) >= 11 is 0. The third-order valence-electron chi connectivity index (χ3n) is 3.51. The largest absolute Gasteiger partial charge is 0.308 e. The lowest BCUT2D eigenvalue weighted by molar-refractivity contribution is -0.112. The van der Waals surface area contributed by atoms with Gasteiger partial charge in [-0.15, -0.1) is 6.58 Å². The quantitative estimate of drug-likeness (QED) is 0.587. The van der Waals surface area contributed by atoms with Crippen LogP contribution in [-0.4, -0.2) is 24.4 Å². The van der Waals surface area contributed by atoms with Gasteiger partial charge in [-0.1, -0.05) is 23.8 Å². The Morgan fingerprint density at radius 2 is 2.28 bits per heavy atom. The highest BCUT2D eigenvalue weighted by atomic mass is 16.1. The number of fused-ring (bicyclic) bond motifs is 1. The van der Waals surface area contributed by atoms with Gasteiger partial charge in [-0.2, -0.15) is 0 Å². The molecule has 1 aliphatic heterocycles. The van der Waals surface area contributed by atoms with E-state index in [0.29, 0.717) is 0 Å². The number of carbonyl (C=O) groups excluding carboxylic acids is 1. The van der Waals surface area contributed by atoms with Crippen LogP contribution in [-0.2, 0) is 11.3 Å². The van der Waals surface area contributed by atoms with E-state index >= 15 is 0 Å². The highest BCUT2D eigenvalue weighted by Gasteiger charge is 2.29. The standard InChI is InChI=1S/C15H20N2O/c1-4-5-6-14(11-18)17-10-13-9-12(2)7-8-15(13)16(17)3/h4,7-9,11,14H,1,5-6,10H2,2-3H3. The molecule has 18 heavy (non-hydrogen) atoms. The summed E-state index contributed by atoms with van der Waals surface area (Å²) < 4.78 is 0. The molecule has 2 rings (SSSR count). The van der Waals surface area contributed by atoms with Crippen LogP contribution >= 0.6 is 0 Å². The van der Waals surface area contributed by atoms with Gasteiger partial charge in [0.1, 0.15) is 6.29 Å². The molecule has 0 radical (unpaired) electrons. The first kappa shape index (κ1) is 12.8. The number of rotatable bonds is 5. The van der Waals surface area contributed by atoms with Crippen molar-refractivity contribution in [2.45, 2.75) is 32.4 Å². The minimum atomic E-state index is -0.0688. The summed E-state index contributed by atoms with van der Waals surface area (Å²) in [6.07, 6.45) is 4.59. The molecule has 0 N–H and O–H groups in total. The number of nitrogens with zero attached hydrogens (tertiary/aromatic N) is 2. The smallest absolute Gasteiger partial charge is 0.139 e. The number of hydrogen-bond acceptors (Lipinski definition) is 3. The zero-order valence-electron chi connectivity index (χ0n) is 11.1. The van der Waals surface area contributed by atoms with Crippen molar-refractivity contribution in [3.63, 3.8) is 0 Å². The molecule has 0 aliphatic carbocycles. The lowest BCUT2D eigenvalue weighted by Crippen LogP contribution is -2.43. The maximum absolute atomic E-state index is 11.3. The third-order valence-corrected chi connectivity index (χ3v) is 3.51. The first-order valence-electron chi connectivity index (χ1n) is 6.33. The van der Waals surface area contributed by atoms with Crippen LogP contribution in [0.1, 0.15) is 24.0 Å². The van der Waals surface area contributed by atoms with Crippen molar-refractivity contribution >= 4 is 12.0 Å². The maximum Gasteiger partial charge on any atom is 0.139 e. The fourth-order valence-electron chi connectivity index (χ4n) is 2.49. The van der Waals surface area contributed by atoms with Gasteiger partial charge in [-0.25, -0.2) is 5.01 Å². The van der Waals surface area contributed by atoms with Crippen molar-refractivity contribution in [2.24, 2.45) is 0 Å². The monoisotopic (exact) mass is 244 g/mol. The van der Waals surface area contributed by atoms with Crippen LogP contribution in [0.5, 0.6) is 0 Å². The zero-order chi connectivity index (χ0) is 13.1. The molecule has 1 aliphatic rings. The summed E-state index contributed by atoms with van der Waals surface area (Å²) in [5.41, 5.74) is 3.76. The lowest BCUT2D eigenvalue weighted by Gasteiger charge is -2.30. The predicted octanol–water partition coefficient (Wildman–Crippen LogP) is 2.70. The van der Waals surface area contributed by atoms with Crippen LogP contribution < -0.4 is 5.01 Å². The molecular formula is C15H20N2O. The van der Waals surface area contributed by atoms with Gasteiger partial charge >= 0.3 is 0 Å². The molecule has 1 heterocycles. The molecule has 96 valence electrons. The molecule has 0 aromatic heterocycles. The molecule has 0 saturated carbocycles. The number of hydrazine groups is 1. The highest BCUT2D eigenvalue weighted by molar-refractivity contribution is 5.62. The third kappa shape index (κ3) is 2.31. The summed E-state index contributed by atoms with van der Waals surface area (Å²) in [6.45, 7) is 6.62. The molecule has 0 amide bonds. The summed E-state index contributed by atoms with van der Waals surface area (Å²) in [5.74, 6) is 0. The molecule has 0 bridgehead atoms. The number of carbonyl (C=O) groups is 1. The minimum absolute atomic E-state index is 0.0688. The molecule has 0 spiro atoms. The van der Waals surface area contributed by atoms with Crippen LogP contribution in [0.2, 0.25) is 0 Å². The summed E-state index contributed by atoms with van der Waals surface area (Å²) in [4.78, 5) is 11.3. The highest BCUT2D eigenvalue weighted by Crippen LogP contribution is 2.32. The second-order valence-electron chi connectivity index (χ2n) is 4.82. The molecule has 3 nitrogen and oxygen atoms in total. The van der Waals surface area contributed by atoms with Crippen molar-refractivity contribution in [1.82, 2.24) is 5.01 Å². The van der Waals surface area contributed by atoms with Gasteiger partial charge in [0, 0.05) is 13.6 Å². The van der Waals surface area contributed by atoms with E-state index in [1.54, 1.807) is 0 Å². The molecular weight excluding hydrogens is 224 g/mol. The number of allylic oxidation sites excluding steroid dienone is 1. The fourth-order valence-corrected chi connectivity index (χ4v) is 2.49. The van der Waals surface area contributed by atoms with Crippen molar-refractivity contribution in [3.05, 3.63) is 42.0 Å². The fraction of sp³-hybridized carbons (Fsp3) is 0.400. The first-order chi connectivity index (χ1) is 8.67. The Labute approximate surface area is 109 Å². The van der Waals surface area contributed by atoms with Gasteiger partial charge in [-0.3, -0.25) is 0 Å². The van der Waals surface area contributed by atoms with Gasteiger partial charge in [0.15, 0.2) is 0 Å². The Kier molecular flexibility index (Phi) is 3.82. The first-order valence-corrected chi connectivity index (χ1v) is 6.33. The molecule has 0 fully saturated rings. The molecule has 1 unspecified atom stereocenters. The number of aryl methyl sites for hydroxylation is 1. The van der Waals surface area contributed by atoms with Gasteiger partial charge < -0.3 is 9.80 Å². The van der Waals surface area contributed by atoms with Crippen molar-refractivity contribution < 1.29 is 4.79 Å². The minimum Gasteiger partial charge on any atom is -0.308 e. The second kappa shape index (κ2) is 5.36. The number of hydrogen-bond donors (Lipinski definition) is 0. The predicted molar refractivity (Wildman–Crippen MR) is 74.4 cm³/mol. The van der Waals surface area contributed by atoms with Gasteiger partial charge in [0.25, 0.3) is 0 Å². The lowest BCUT2D eigenvalue weighted by atomic mass is 10.1. The Morgan fingerprint density at radius 1 is 1.50 bits per heavy atom. The van der Waals surface area contributed by atoms with Crippen molar-refractivity contribution in [3.8, 4) is 0 Å². The molecule has 0 saturated heterocycles. The number of aldehydes is 1. The maximum atomic E-state index is 11.3. The van der Waals surface area contributed by atoms with E-state index in [0.717, 1.165) is 25.7 Å². The van der Waals surface area contributed by atoms with E-state index in [-0.39, 0.29) is 6.04 Å². The van der Waals surface area contributed by atoms with E-state index in [9.17, 15) is 4.79 Å². The van der Waals surface area contributed by atoms with E-state index in [4.69, 9.17) is 0 Å². The Hall–Kier alpha value is -1.61. The average molecular weight is 244 g/mol. The Morgan fingerprint density at radius 3 is 2.94 bits per heavy atom. The number of anilines is 1. The van der Waals surface area contributed by atoms with Gasteiger partial charge in [-0.05, 0) is 31.4 Å². The summed E-state index contributed by atoms with van der Waals surface area (Å²) in [5, 5.41) is 4.22. The van der Waals surface area contributed by atoms with Crippen molar-refractivity contribution in [2.75, 3.05) is 12.1 Å². The molecule has 1 aromatic carbocycles. The van der Waals surface area contributed by atoms with Crippen LogP contribution in [0.3, 0.4) is 0 Å². The Bertz CT molecular complexity index is 456. The van der Waals surface area contributed by atoms with Crippen molar-refractivity contribution in [1.29, 1.82) is 0 Å². The van der Waals surface area contributed by atoms with Gasteiger partial charge in [0.05, 0.1) is 11.7 Å². The normalized spacial score (nSPS) is 16.4. The van der Waals surface area contributed by atoms with E-state index in [1.165, 1.54) is 16.8 Å². The molecule has 1 atom stereocenters. The van der Waals surface area contributed by atoms with Gasteiger partial charge in [0.2, 0.25) is 0 Å². The zero-order valence-corrected chi connectivity index (χ0v) is 11.1. The summed E-state index contributed by atoms with van der Waals surface area (Å²) in [6, 6.07) is 6.36. The summed E-state index contributed by atoms with van der Waals surface area (Å²) in [7, 11) is 2.02. The molecule has 1 aromatic rings.